The number of amides is 2. The smallest absolute Gasteiger partial charge is 0.266 e. The number of thiophene rings is 1. The highest BCUT2D eigenvalue weighted by Crippen LogP contribution is 2.47. The van der Waals surface area contributed by atoms with Crippen molar-refractivity contribution < 1.29 is 19.1 Å². The average molecular weight is 406 g/mol. The van der Waals surface area contributed by atoms with Crippen LogP contribution in [0.4, 0.5) is 10.7 Å². The van der Waals surface area contributed by atoms with Gasteiger partial charge in [-0.1, -0.05) is 24.3 Å². The van der Waals surface area contributed by atoms with E-state index in [9.17, 15) is 9.59 Å². The minimum Gasteiger partial charge on any atom is -0.454 e. The van der Waals surface area contributed by atoms with Crippen molar-refractivity contribution in [3.8, 4) is 11.5 Å². The molecule has 0 radical (unpaired) electrons. The number of carbonyl (C=O) groups excluding carboxylic acids is 2. The highest BCUT2D eigenvalue weighted by molar-refractivity contribution is 7.18. The van der Waals surface area contributed by atoms with Gasteiger partial charge < -0.3 is 20.1 Å². The van der Waals surface area contributed by atoms with Gasteiger partial charge in [-0.15, -0.1) is 11.3 Å². The van der Waals surface area contributed by atoms with Crippen molar-refractivity contribution in [1.29, 1.82) is 0 Å². The second-order valence-electron chi connectivity index (χ2n) is 7.04. The molecule has 2 aliphatic rings. The van der Waals surface area contributed by atoms with Gasteiger partial charge in [0.2, 0.25) is 12.7 Å². The molecule has 2 aliphatic heterocycles. The van der Waals surface area contributed by atoms with Gasteiger partial charge in [0.1, 0.15) is 0 Å². The van der Waals surface area contributed by atoms with E-state index in [2.05, 4.69) is 10.6 Å². The summed E-state index contributed by atoms with van der Waals surface area (Å²) in [5.74, 6) is 1.02. The lowest BCUT2D eigenvalue weighted by Gasteiger charge is -2.24. The molecule has 3 aromatic rings. The minimum atomic E-state index is -0.174. The lowest BCUT2D eigenvalue weighted by atomic mass is 9.84. The van der Waals surface area contributed by atoms with Crippen LogP contribution in [-0.4, -0.2) is 18.6 Å². The Labute approximate surface area is 171 Å². The third-order valence-corrected chi connectivity index (χ3v) is 6.44. The molecule has 2 amide bonds. The van der Waals surface area contributed by atoms with Gasteiger partial charge in [-0.25, -0.2) is 0 Å². The molecule has 0 bridgehead atoms. The average Bonchev–Trinajstić information content (AvgIpc) is 3.32. The first-order chi connectivity index (χ1) is 14.1. The van der Waals surface area contributed by atoms with Crippen LogP contribution in [0, 0.1) is 6.92 Å². The standard InChI is InChI=1S/C22H18N2O4S/c1-12-19-15(13-7-8-16-17(9-13)28-11-27-16)10-18(25)24-22(19)29-20(12)21(26)23-14-5-3-2-4-6-14/h2-9,15H,10-11H2,1H3,(H,23,26)(H,24,25). The third-order valence-electron chi connectivity index (χ3n) is 5.22. The SMILES string of the molecule is Cc1c(C(=O)Nc2ccccc2)sc2c1C(c1ccc3c(c1)OCO3)CC(=O)N2. The van der Waals surface area contributed by atoms with Crippen LogP contribution in [0.15, 0.2) is 48.5 Å². The van der Waals surface area contributed by atoms with E-state index in [-0.39, 0.29) is 24.5 Å². The number of fused-ring (bicyclic) bond motifs is 2. The van der Waals surface area contributed by atoms with Crippen molar-refractivity contribution in [2.45, 2.75) is 19.3 Å². The summed E-state index contributed by atoms with van der Waals surface area (Å²) in [5.41, 5.74) is 3.59. The molecule has 2 aromatic carbocycles. The molecule has 29 heavy (non-hydrogen) atoms. The zero-order valence-electron chi connectivity index (χ0n) is 15.7. The summed E-state index contributed by atoms with van der Waals surface area (Å²) in [7, 11) is 0. The Bertz CT molecular complexity index is 1120. The Morgan fingerprint density at radius 3 is 2.76 bits per heavy atom. The Morgan fingerprint density at radius 2 is 1.93 bits per heavy atom. The minimum absolute atomic E-state index is 0.0589. The molecule has 6 nitrogen and oxygen atoms in total. The van der Waals surface area contributed by atoms with Gasteiger partial charge in [0.15, 0.2) is 11.5 Å². The van der Waals surface area contributed by atoms with Crippen LogP contribution in [0.25, 0.3) is 0 Å². The van der Waals surface area contributed by atoms with Crippen LogP contribution in [0.3, 0.4) is 0 Å². The summed E-state index contributed by atoms with van der Waals surface area (Å²) in [6.07, 6.45) is 0.323. The summed E-state index contributed by atoms with van der Waals surface area (Å²) in [5, 5.41) is 6.60. The van der Waals surface area contributed by atoms with Gasteiger partial charge in [-0.2, -0.15) is 0 Å². The first-order valence-electron chi connectivity index (χ1n) is 9.29. The number of nitrogens with one attached hydrogen (secondary N) is 2. The summed E-state index contributed by atoms with van der Waals surface area (Å²) in [4.78, 5) is 25.8. The van der Waals surface area contributed by atoms with Gasteiger partial charge in [0.25, 0.3) is 5.91 Å². The molecule has 0 saturated carbocycles. The van der Waals surface area contributed by atoms with Crippen molar-refractivity contribution in [2.75, 3.05) is 17.4 Å². The van der Waals surface area contributed by atoms with Gasteiger partial charge in [0.05, 0.1) is 9.88 Å². The molecule has 5 rings (SSSR count). The maximum atomic E-state index is 12.9. The van der Waals surface area contributed by atoms with E-state index < -0.39 is 0 Å². The molecule has 3 heterocycles. The second-order valence-corrected chi connectivity index (χ2v) is 8.06. The molecule has 0 spiro atoms. The highest BCUT2D eigenvalue weighted by Gasteiger charge is 2.33. The fourth-order valence-corrected chi connectivity index (χ4v) is 5.03. The van der Waals surface area contributed by atoms with Crippen LogP contribution in [0.2, 0.25) is 0 Å². The van der Waals surface area contributed by atoms with Crippen molar-refractivity contribution in [3.63, 3.8) is 0 Å². The summed E-state index contributed by atoms with van der Waals surface area (Å²) in [6, 6.07) is 15.1. The Morgan fingerprint density at radius 1 is 1.14 bits per heavy atom. The molecule has 1 unspecified atom stereocenters. The number of hydrogen-bond donors (Lipinski definition) is 2. The highest BCUT2D eigenvalue weighted by atomic mass is 32.1. The van der Waals surface area contributed by atoms with Crippen molar-refractivity contribution in [2.24, 2.45) is 0 Å². The van der Waals surface area contributed by atoms with E-state index in [0.717, 1.165) is 27.4 Å². The van der Waals surface area contributed by atoms with Crippen LogP contribution in [0.5, 0.6) is 11.5 Å². The normalized spacial score (nSPS) is 16.9. The third kappa shape index (κ3) is 3.13. The lowest BCUT2D eigenvalue weighted by Crippen LogP contribution is -2.22. The molecule has 146 valence electrons. The van der Waals surface area contributed by atoms with Crippen LogP contribution >= 0.6 is 11.3 Å². The number of rotatable bonds is 3. The van der Waals surface area contributed by atoms with Gasteiger partial charge in [0, 0.05) is 18.0 Å². The number of carbonyl (C=O) groups is 2. The first kappa shape index (κ1) is 17.8. The molecule has 1 atom stereocenters. The second kappa shape index (κ2) is 6.93. The summed E-state index contributed by atoms with van der Waals surface area (Å²) in [6.45, 7) is 2.14. The molecule has 1 aromatic heterocycles. The van der Waals surface area contributed by atoms with Crippen molar-refractivity contribution in [3.05, 3.63) is 70.1 Å². The number of benzene rings is 2. The maximum absolute atomic E-state index is 12.9. The fraction of sp³-hybridized carbons (Fsp3) is 0.182. The Kier molecular flexibility index (Phi) is 4.24. The first-order valence-corrected chi connectivity index (χ1v) is 10.1. The topological polar surface area (TPSA) is 76.7 Å². The maximum Gasteiger partial charge on any atom is 0.266 e. The number of anilines is 2. The van der Waals surface area contributed by atoms with E-state index in [1.807, 2.05) is 55.5 Å². The van der Waals surface area contributed by atoms with E-state index in [1.54, 1.807) is 0 Å². The van der Waals surface area contributed by atoms with E-state index >= 15 is 0 Å². The Balaban J connectivity index is 1.52. The fourth-order valence-electron chi connectivity index (χ4n) is 3.84. The van der Waals surface area contributed by atoms with Crippen LogP contribution in [0.1, 0.15) is 38.7 Å². The van der Waals surface area contributed by atoms with E-state index in [4.69, 9.17) is 9.47 Å². The molecule has 0 fully saturated rings. The zero-order valence-corrected chi connectivity index (χ0v) is 16.5. The predicted octanol–water partition coefficient (Wildman–Crippen LogP) is 4.51. The molecule has 0 aliphatic carbocycles. The summed E-state index contributed by atoms with van der Waals surface area (Å²) >= 11 is 1.32. The molecule has 7 heteroatoms. The van der Waals surface area contributed by atoms with Crippen LogP contribution in [-0.2, 0) is 4.79 Å². The molecule has 2 N–H and O–H groups in total. The molecular formula is C22H18N2O4S. The molecule has 0 saturated heterocycles. The van der Waals surface area contributed by atoms with Gasteiger partial charge in [-0.3, -0.25) is 9.59 Å². The van der Waals surface area contributed by atoms with E-state index in [0.29, 0.717) is 22.8 Å². The summed E-state index contributed by atoms with van der Waals surface area (Å²) < 4.78 is 10.9. The van der Waals surface area contributed by atoms with Crippen molar-refractivity contribution in [1.82, 2.24) is 0 Å². The zero-order chi connectivity index (χ0) is 20.0. The number of hydrogen-bond acceptors (Lipinski definition) is 5. The quantitative estimate of drug-likeness (QED) is 0.671. The number of para-hydroxylation sites is 1. The number of ether oxygens (including phenoxy) is 2. The lowest BCUT2D eigenvalue weighted by molar-refractivity contribution is -0.116. The largest absolute Gasteiger partial charge is 0.454 e. The monoisotopic (exact) mass is 406 g/mol. The van der Waals surface area contributed by atoms with Crippen molar-refractivity contribution >= 4 is 33.8 Å². The van der Waals surface area contributed by atoms with Crippen LogP contribution < -0.4 is 20.1 Å². The van der Waals surface area contributed by atoms with E-state index in [1.165, 1.54) is 11.3 Å². The van der Waals surface area contributed by atoms with Gasteiger partial charge >= 0.3 is 0 Å². The Hall–Kier alpha value is -3.32. The van der Waals surface area contributed by atoms with Gasteiger partial charge in [-0.05, 0) is 47.9 Å². The predicted molar refractivity (Wildman–Crippen MR) is 111 cm³/mol. The molecular weight excluding hydrogens is 388 g/mol.